The fraction of sp³-hybridized carbons (Fsp3) is 0.133. The number of fused-ring (bicyclic) bond motifs is 18. The van der Waals surface area contributed by atoms with Crippen LogP contribution in [0, 0.1) is 69.2 Å². The van der Waals surface area contributed by atoms with Crippen LogP contribution < -0.4 is 40.4 Å². The van der Waals surface area contributed by atoms with E-state index in [2.05, 4.69) is 328 Å². The number of nitrogens with zero attached hydrogens (tertiary/aromatic N) is 2. The van der Waals surface area contributed by atoms with Crippen LogP contribution in [0.3, 0.4) is 0 Å². The van der Waals surface area contributed by atoms with Crippen molar-refractivity contribution in [3.8, 4) is 56.8 Å². The molecule has 0 radical (unpaired) electrons. The second kappa shape index (κ2) is 21.2. The number of aryl methyl sites for hydroxylation is 10. The molecule has 0 atom stereocenters. The molecule has 0 saturated heterocycles. The molecule has 0 fully saturated rings. The van der Waals surface area contributed by atoms with Crippen molar-refractivity contribution in [1.82, 2.24) is 0 Å². The minimum Gasteiger partial charge on any atom is -0.458 e. The first-order valence-electron chi connectivity index (χ1n) is 33.7. The Morgan fingerprint density at radius 2 is 0.562 bits per heavy atom. The van der Waals surface area contributed by atoms with E-state index in [-0.39, 0.29) is 6.71 Å². The monoisotopic (exact) mass is 1240 g/mol. The number of benzene rings is 13. The summed E-state index contributed by atoms with van der Waals surface area (Å²) in [4.78, 5) is 4.98. The highest BCUT2D eigenvalue weighted by atomic mass is 16.5. The van der Waals surface area contributed by atoms with E-state index in [9.17, 15) is 0 Å². The summed E-state index contributed by atoms with van der Waals surface area (Å²) in [5.41, 5.74) is 35.0. The van der Waals surface area contributed by atoms with Crippen LogP contribution in [-0.2, 0) is 10.8 Å². The third-order valence-corrected chi connectivity index (χ3v) is 21.4. The average Bonchev–Trinajstić information content (AvgIpc) is 0.687. The van der Waals surface area contributed by atoms with Crippen molar-refractivity contribution >= 4 is 57.2 Å². The zero-order chi connectivity index (χ0) is 65.2. The van der Waals surface area contributed by atoms with E-state index in [1.165, 1.54) is 106 Å². The van der Waals surface area contributed by atoms with E-state index in [1.54, 1.807) is 0 Å². The number of anilines is 6. The van der Waals surface area contributed by atoms with Crippen molar-refractivity contribution in [2.45, 2.75) is 80.1 Å². The van der Waals surface area contributed by atoms with Crippen LogP contribution in [0.15, 0.2) is 249 Å². The standard InChI is InChI=1S/C90H71BN2O3/c1-52-30-38-76-70(46-52)89(66-22-11-15-26-80(66)94-81-27-16-12-23-67(81)89)71-47-53(2)31-39-77(71)92(76)62-34-36-74-84(50-62)96-85-51-63(35-37-75(85)91(74)88-64(86-58(7)42-56(5)43-59(86)8)20-19-21-65(88)87-60(9)44-57(6)45-61(87)10)93-78-40-32-54(3)48-72(78)90(73-49-55(4)33-41-79(73)93)68-24-13-17-28-82(68)95-83-29-18-14-25-69(83)90/h11-51H,1-10H3. The Bertz CT molecular complexity index is 4940. The van der Waals surface area contributed by atoms with E-state index in [0.29, 0.717) is 0 Å². The zero-order valence-corrected chi connectivity index (χ0v) is 55.9. The summed E-state index contributed by atoms with van der Waals surface area (Å²) < 4.78 is 21.6. The molecule has 13 aromatic carbocycles. The Labute approximate surface area is 563 Å². The maximum Gasteiger partial charge on any atom is 0.252 e. The minimum absolute atomic E-state index is 0.285. The van der Waals surface area contributed by atoms with Crippen LogP contribution in [0.25, 0.3) is 22.3 Å². The maximum atomic E-state index is 7.86. The number of rotatable bonds is 5. The van der Waals surface area contributed by atoms with E-state index in [4.69, 9.17) is 14.2 Å². The summed E-state index contributed by atoms with van der Waals surface area (Å²) in [7, 11) is 0. The lowest BCUT2D eigenvalue weighted by Gasteiger charge is -2.49. The molecular weight excluding hydrogens is 1170 g/mol. The van der Waals surface area contributed by atoms with Crippen LogP contribution in [0.5, 0.6) is 34.5 Å². The lowest BCUT2D eigenvalue weighted by molar-refractivity contribution is 0.433. The molecule has 0 aliphatic carbocycles. The molecule has 0 saturated carbocycles. The fourth-order valence-corrected chi connectivity index (χ4v) is 17.9. The highest BCUT2D eigenvalue weighted by Gasteiger charge is 2.54. The summed E-state index contributed by atoms with van der Waals surface area (Å²) in [5.74, 6) is 5.07. The second-order valence-corrected chi connectivity index (χ2v) is 27.7. The molecule has 0 bridgehead atoms. The normalized spacial score (nSPS) is 14.3. The predicted octanol–water partition coefficient (Wildman–Crippen LogP) is 21.3. The van der Waals surface area contributed by atoms with Gasteiger partial charge in [0.05, 0.1) is 33.6 Å². The van der Waals surface area contributed by atoms with E-state index in [1.807, 2.05) is 0 Å². The first-order valence-corrected chi connectivity index (χ1v) is 33.7. The lowest BCUT2D eigenvalue weighted by Crippen LogP contribution is -2.56. The lowest BCUT2D eigenvalue weighted by atomic mass is 9.34. The molecule has 0 unspecified atom stereocenters. The largest absolute Gasteiger partial charge is 0.458 e. The molecule has 5 heterocycles. The van der Waals surface area contributed by atoms with Crippen LogP contribution in [-0.4, -0.2) is 6.71 Å². The number of ether oxygens (including phenoxy) is 3. The molecule has 462 valence electrons. The quantitative estimate of drug-likeness (QED) is 0.160. The summed E-state index contributed by atoms with van der Waals surface area (Å²) >= 11 is 0. The third-order valence-electron chi connectivity index (χ3n) is 21.4. The van der Waals surface area contributed by atoms with Gasteiger partial charge in [0, 0.05) is 45.8 Å². The summed E-state index contributed by atoms with van der Waals surface area (Å²) in [6.07, 6.45) is 0. The van der Waals surface area contributed by atoms with Crippen LogP contribution >= 0.6 is 0 Å². The molecule has 5 nitrogen and oxygen atoms in total. The van der Waals surface area contributed by atoms with Crippen molar-refractivity contribution in [2.24, 2.45) is 0 Å². The molecule has 5 aliphatic heterocycles. The average molecular weight is 1240 g/mol. The highest BCUT2D eigenvalue weighted by Crippen LogP contribution is 2.65. The van der Waals surface area contributed by atoms with Gasteiger partial charge in [0.2, 0.25) is 0 Å². The van der Waals surface area contributed by atoms with Gasteiger partial charge in [0.25, 0.3) is 6.71 Å². The first kappa shape index (κ1) is 57.6. The molecule has 96 heavy (non-hydrogen) atoms. The first-order chi connectivity index (χ1) is 46.7. The van der Waals surface area contributed by atoms with Crippen molar-refractivity contribution in [2.75, 3.05) is 9.80 Å². The molecular formula is C90H71BN2O3. The Morgan fingerprint density at radius 3 is 0.885 bits per heavy atom. The van der Waals surface area contributed by atoms with Crippen molar-refractivity contribution in [1.29, 1.82) is 0 Å². The van der Waals surface area contributed by atoms with Gasteiger partial charge in [-0.25, -0.2) is 0 Å². The van der Waals surface area contributed by atoms with Gasteiger partial charge in [-0.2, -0.15) is 0 Å². The van der Waals surface area contributed by atoms with E-state index in [0.717, 1.165) is 102 Å². The molecule has 2 spiro atoms. The molecule has 6 heteroatoms. The Balaban J connectivity index is 0.901. The van der Waals surface area contributed by atoms with Crippen molar-refractivity contribution < 1.29 is 14.2 Å². The number of hydrogen-bond acceptors (Lipinski definition) is 5. The SMILES string of the molecule is Cc1cc(C)c(-c2cccc(-c3c(C)cc(C)cc3C)c2B2c3ccc(N4c5ccc(C)cc5C5(c6ccccc6Oc6ccccc65)c5cc(C)ccc54)cc3Oc3cc(N4c5ccc(C)cc5C5(c6ccccc6Oc6ccccc65)c5cc(C)ccc54)ccc32)c(C)c1. The van der Waals surface area contributed by atoms with Gasteiger partial charge in [-0.1, -0.05) is 215 Å². The van der Waals surface area contributed by atoms with Crippen molar-refractivity contribution in [3.05, 3.63) is 349 Å². The minimum atomic E-state index is -0.700. The second-order valence-electron chi connectivity index (χ2n) is 27.7. The van der Waals surface area contributed by atoms with Gasteiger partial charge in [-0.05, 0) is 208 Å². The predicted molar refractivity (Wildman–Crippen MR) is 396 cm³/mol. The Hall–Kier alpha value is -11.1. The molecule has 13 aromatic rings. The number of para-hydroxylation sites is 4. The molecule has 0 N–H and O–H groups in total. The van der Waals surface area contributed by atoms with Gasteiger partial charge < -0.3 is 24.0 Å². The molecule has 5 aliphatic rings. The van der Waals surface area contributed by atoms with Crippen LogP contribution in [0.2, 0.25) is 0 Å². The highest BCUT2D eigenvalue weighted by molar-refractivity contribution is 6.98. The van der Waals surface area contributed by atoms with Crippen molar-refractivity contribution in [3.63, 3.8) is 0 Å². The summed E-state index contributed by atoms with van der Waals surface area (Å²) in [6.45, 7) is 22.2. The zero-order valence-electron chi connectivity index (χ0n) is 55.9. The van der Waals surface area contributed by atoms with Gasteiger partial charge >= 0.3 is 0 Å². The molecule has 18 rings (SSSR count). The molecule has 0 aromatic heterocycles. The Kier molecular flexibility index (Phi) is 12.7. The topological polar surface area (TPSA) is 34.2 Å². The smallest absolute Gasteiger partial charge is 0.252 e. The Morgan fingerprint density at radius 1 is 0.260 bits per heavy atom. The van der Waals surface area contributed by atoms with E-state index >= 15 is 0 Å². The van der Waals surface area contributed by atoms with E-state index < -0.39 is 10.8 Å². The van der Waals surface area contributed by atoms with Gasteiger partial charge in [0.15, 0.2) is 0 Å². The summed E-state index contributed by atoms with van der Waals surface area (Å²) in [5, 5.41) is 0. The summed E-state index contributed by atoms with van der Waals surface area (Å²) in [6, 6.07) is 93.2. The third kappa shape index (κ3) is 8.17. The van der Waals surface area contributed by atoms with Gasteiger partial charge in [0.1, 0.15) is 34.5 Å². The van der Waals surface area contributed by atoms with Gasteiger partial charge in [-0.3, -0.25) is 0 Å². The van der Waals surface area contributed by atoms with Crippen LogP contribution in [0.1, 0.15) is 100 Å². The van der Waals surface area contributed by atoms with Crippen LogP contribution in [0.4, 0.5) is 34.1 Å². The maximum absolute atomic E-state index is 7.86. The number of hydrogen-bond donors (Lipinski definition) is 0. The van der Waals surface area contributed by atoms with Gasteiger partial charge in [-0.15, -0.1) is 0 Å². The molecule has 0 amide bonds. The fourth-order valence-electron chi connectivity index (χ4n) is 17.9.